The summed E-state index contributed by atoms with van der Waals surface area (Å²) in [5.74, 6) is 0.554. The Morgan fingerprint density at radius 2 is 2.10 bits per heavy atom. The SMILES string of the molecule is CC(C)(C)Oc1ccccc1CNC(=O)C1CCC(=O)N1. The fourth-order valence-corrected chi connectivity index (χ4v) is 2.20. The molecule has 0 spiro atoms. The second kappa shape index (κ2) is 6.16. The number of hydrogen-bond acceptors (Lipinski definition) is 3. The van der Waals surface area contributed by atoms with Gasteiger partial charge in [-0.25, -0.2) is 0 Å². The van der Waals surface area contributed by atoms with Gasteiger partial charge in [0.1, 0.15) is 17.4 Å². The largest absolute Gasteiger partial charge is 0.488 e. The van der Waals surface area contributed by atoms with Crippen LogP contribution in [-0.2, 0) is 16.1 Å². The molecular formula is C16H22N2O3. The summed E-state index contributed by atoms with van der Waals surface area (Å²) in [6, 6.07) is 7.23. The maximum absolute atomic E-state index is 12.0. The molecule has 0 saturated carbocycles. The fourth-order valence-electron chi connectivity index (χ4n) is 2.20. The zero-order valence-corrected chi connectivity index (χ0v) is 12.7. The molecule has 21 heavy (non-hydrogen) atoms. The minimum Gasteiger partial charge on any atom is -0.488 e. The highest BCUT2D eigenvalue weighted by atomic mass is 16.5. The molecule has 1 atom stereocenters. The van der Waals surface area contributed by atoms with Gasteiger partial charge >= 0.3 is 0 Å². The van der Waals surface area contributed by atoms with Gasteiger partial charge in [0.2, 0.25) is 11.8 Å². The first-order valence-corrected chi connectivity index (χ1v) is 7.19. The summed E-state index contributed by atoms with van der Waals surface area (Å²) in [6.07, 6.45) is 0.979. The number of ether oxygens (including phenoxy) is 1. The lowest BCUT2D eigenvalue weighted by molar-refractivity contribution is -0.125. The molecule has 1 aliphatic heterocycles. The van der Waals surface area contributed by atoms with E-state index >= 15 is 0 Å². The zero-order valence-electron chi connectivity index (χ0n) is 12.7. The average Bonchev–Trinajstić information content (AvgIpc) is 2.82. The predicted octanol–water partition coefficient (Wildman–Crippen LogP) is 1.76. The highest BCUT2D eigenvalue weighted by molar-refractivity contribution is 5.90. The summed E-state index contributed by atoms with van der Waals surface area (Å²) in [5.41, 5.74) is 0.629. The first-order valence-electron chi connectivity index (χ1n) is 7.19. The summed E-state index contributed by atoms with van der Waals surface area (Å²) in [6.45, 7) is 6.33. The Bertz CT molecular complexity index is 535. The van der Waals surface area contributed by atoms with Crippen LogP contribution in [0.2, 0.25) is 0 Å². The summed E-state index contributed by atoms with van der Waals surface area (Å²) < 4.78 is 5.89. The quantitative estimate of drug-likeness (QED) is 0.888. The molecule has 1 fully saturated rings. The number of hydrogen-bond donors (Lipinski definition) is 2. The molecule has 0 aromatic heterocycles. The van der Waals surface area contributed by atoms with E-state index in [9.17, 15) is 9.59 Å². The van der Waals surface area contributed by atoms with Gasteiger partial charge in [-0.05, 0) is 33.3 Å². The van der Waals surface area contributed by atoms with E-state index in [0.717, 1.165) is 11.3 Å². The number of carbonyl (C=O) groups is 2. The normalized spacial score (nSPS) is 18.2. The number of nitrogens with one attached hydrogen (secondary N) is 2. The molecule has 1 aromatic rings. The minimum atomic E-state index is -0.409. The molecule has 1 heterocycles. The van der Waals surface area contributed by atoms with Crippen molar-refractivity contribution in [2.45, 2.75) is 51.8 Å². The first-order chi connectivity index (χ1) is 9.85. The average molecular weight is 290 g/mol. The Morgan fingerprint density at radius 1 is 1.38 bits per heavy atom. The van der Waals surface area contributed by atoms with Crippen LogP contribution in [0.5, 0.6) is 5.75 Å². The third-order valence-corrected chi connectivity index (χ3v) is 3.15. The van der Waals surface area contributed by atoms with Crippen LogP contribution in [0, 0.1) is 0 Å². The van der Waals surface area contributed by atoms with Crippen LogP contribution < -0.4 is 15.4 Å². The van der Waals surface area contributed by atoms with Crippen molar-refractivity contribution in [3.8, 4) is 5.75 Å². The van der Waals surface area contributed by atoms with E-state index < -0.39 is 6.04 Å². The number of benzene rings is 1. The monoisotopic (exact) mass is 290 g/mol. The van der Waals surface area contributed by atoms with Gasteiger partial charge < -0.3 is 15.4 Å². The Labute approximate surface area is 125 Å². The molecule has 1 unspecified atom stereocenters. The van der Waals surface area contributed by atoms with Crippen molar-refractivity contribution >= 4 is 11.8 Å². The van der Waals surface area contributed by atoms with Gasteiger partial charge in [0.05, 0.1) is 0 Å². The molecule has 5 nitrogen and oxygen atoms in total. The summed E-state index contributed by atoms with van der Waals surface area (Å²) in [5, 5.41) is 5.51. The number of rotatable bonds is 4. The summed E-state index contributed by atoms with van der Waals surface area (Å²) in [7, 11) is 0. The lowest BCUT2D eigenvalue weighted by Crippen LogP contribution is -2.41. The molecule has 1 aliphatic rings. The van der Waals surface area contributed by atoms with Crippen molar-refractivity contribution in [3.05, 3.63) is 29.8 Å². The van der Waals surface area contributed by atoms with Gasteiger partial charge in [0.15, 0.2) is 0 Å². The van der Waals surface area contributed by atoms with Gasteiger partial charge in [0, 0.05) is 18.5 Å². The highest BCUT2D eigenvalue weighted by Crippen LogP contribution is 2.22. The third-order valence-electron chi connectivity index (χ3n) is 3.15. The Morgan fingerprint density at radius 3 is 2.71 bits per heavy atom. The fraction of sp³-hybridized carbons (Fsp3) is 0.500. The van der Waals surface area contributed by atoms with Crippen LogP contribution in [0.3, 0.4) is 0 Å². The number of carbonyl (C=O) groups excluding carboxylic acids is 2. The molecule has 0 bridgehead atoms. The van der Waals surface area contributed by atoms with Crippen LogP contribution in [-0.4, -0.2) is 23.5 Å². The van der Waals surface area contributed by atoms with E-state index in [1.54, 1.807) is 0 Å². The molecule has 0 radical (unpaired) electrons. The number of para-hydroxylation sites is 1. The van der Waals surface area contributed by atoms with Crippen molar-refractivity contribution in [3.63, 3.8) is 0 Å². The van der Waals surface area contributed by atoms with E-state index in [4.69, 9.17) is 4.74 Å². The standard InChI is InChI=1S/C16H22N2O3/c1-16(2,3)21-13-7-5-4-6-11(13)10-17-15(20)12-8-9-14(19)18-12/h4-7,12H,8-10H2,1-3H3,(H,17,20)(H,18,19). The van der Waals surface area contributed by atoms with Crippen LogP contribution in [0.15, 0.2) is 24.3 Å². The van der Waals surface area contributed by atoms with Gasteiger partial charge in [-0.3, -0.25) is 9.59 Å². The van der Waals surface area contributed by atoms with Crippen LogP contribution in [0.25, 0.3) is 0 Å². The second-order valence-electron chi connectivity index (χ2n) is 6.20. The third kappa shape index (κ3) is 4.48. The Balaban J connectivity index is 1.97. The first kappa shape index (κ1) is 15.4. The smallest absolute Gasteiger partial charge is 0.242 e. The summed E-state index contributed by atoms with van der Waals surface area (Å²) in [4.78, 5) is 23.1. The topological polar surface area (TPSA) is 67.4 Å². The minimum absolute atomic E-state index is 0.0633. The Kier molecular flexibility index (Phi) is 4.50. The molecule has 5 heteroatoms. The molecule has 1 aromatic carbocycles. The lowest BCUT2D eigenvalue weighted by Gasteiger charge is -2.23. The van der Waals surface area contributed by atoms with Crippen LogP contribution in [0.4, 0.5) is 0 Å². The molecule has 0 aliphatic carbocycles. The molecular weight excluding hydrogens is 268 g/mol. The lowest BCUT2D eigenvalue weighted by atomic mass is 10.1. The van der Waals surface area contributed by atoms with Crippen molar-refractivity contribution in [2.75, 3.05) is 0 Å². The summed E-state index contributed by atoms with van der Waals surface area (Å²) >= 11 is 0. The maximum atomic E-state index is 12.0. The van der Waals surface area contributed by atoms with Crippen LogP contribution in [0.1, 0.15) is 39.2 Å². The van der Waals surface area contributed by atoms with Crippen molar-refractivity contribution in [2.24, 2.45) is 0 Å². The molecule has 2 rings (SSSR count). The van der Waals surface area contributed by atoms with Gasteiger partial charge in [-0.1, -0.05) is 18.2 Å². The molecule has 2 amide bonds. The zero-order chi connectivity index (χ0) is 15.5. The van der Waals surface area contributed by atoms with E-state index in [0.29, 0.717) is 19.4 Å². The van der Waals surface area contributed by atoms with Gasteiger partial charge in [-0.2, -0.15) is 0 Å². The van der Waals surface area contributed by atoms with E-state index in [1.165, 1.54) is 0 Å². The molecule has 2 N–H and O–H groups in total. The Hall–Kier alpha value is -2.04. The van der Waals surface area contributed by atoms with Gasteiger partial charge in [0.25, 0.3) is 0 Å². The molecule has 114 valence electrons. The second-order valence-corrected chi connectivity index (χ2v) is 6.20. The van der Waals surface area contributed by atoms with E-state index in [2.05, 4.69) is 10.6 Å². The van der Waals surface area contributed by atoms with Crippen LogP contribution >= 0.6 is 0 Å². The highest BCUT2D eigenvalue weighted by Gasteiger charge is 2.27. The number of amides is 2. The van der Waals surface area contributed by atoms with Crippen molar-refractivity contribution in [1.29, 1.82) is 0 Å². The van der Waals surface area contributed by atoms with Gasteiger partial charge in [-0.15, -0.1) is 0 Å². The van der Waals surface area contributed by atoms with E-state index in [-0.39, 0.29) is 17.4 Å². The van der Waals surface area contributed by atoms with Crippen molar-refractivity contribution < 1.29 is 14.3 Å². The predicted molar refractivity (Wildman–Crippen MR) is 79.8 cm³/mol. The van der Waals surface area contributed by atoms with E-state index in [1.807, 2.05) is 45.0 Å². The molecule has 1 saturated heterocycles. The maximum Gasteiger partial charge on any atom is 0.242 e. The van der Waals surface area contributed by atoms with Crippen molar-refractivity contribution in [1.82, 2.24) is 10.6 Å².